The van der Waals surface area contributed by atoms with Gasteiger partial charge in [0.05, 0.1) is 17.1 Å². The van der Waals surface area contributed by atoms with Crippen molar-refractivity contribution in [2.75, 3.05) is 0 Å². The van der Waals surface area contributed by atoms with Gasteiger partial charge in [-0.05, 0) is 18.6 Å². The summed E-state index contributed by atoms with van der Waals surface area (Å²) in [7, 11) is 0. The van der Waals surface area contributed by atoms with E-state index in [1.807, 2.05) is 4.57 Å². The third kappa shape index (κ3) is 2.11. The fourth-order valence-electron chi connectivity index (χ4n) is 2.86. The molecule has 0 spiro atoms. The van der Waals surface area contributed by atoms with Crippen LogP contribution in [0.4, 0.5) is 4.39 Å². The van der Waals surface area contributed by atoms with Gasteiger partial charge in [0.25, 0.3) is 0 Å². The standard InChI is InChI=1S/C15H13ClFN5/c16-10-3-1-4-11(17)14(10)15-18-6-8-21(15)9-13-20-19-12-5-2-7-22(12)13/h1,3-4,6,8H,2,5,7,9H2. The Morgan fingerprint density at radius 3 is 3.05 bits per heavy atom. The summed E-state index contributed by atoms with van der Waals surface area (Å²) in [5.74, 6) is 1.99. The van der Waals surface area contributed by atoms with E-state index in [0.29, 0.717) is 23.0 Å². The highest BCUT2D eigenvalue weighted by Gasteiger charge is 2.20. The molecule has 0 aliphatic carbocycles. The van der Waals surface area contributed by atoms with Crippen molar-refractivity contribution in [3.63, 3.8) is 0 Å². The number of hydrogen-bond donors (Lipinski definition) is 0. The van der Waals surface area contributed by atoms with E-state index in [9.17, 15) is 4.39 Å². The van der Waals surface area contributed by atoms with E-state index in [0.717, 1.165) is 31.0 Å². The van der Waals surface area contributed by atoms with Crippen LogP contribution in [0.2, 0.25) is 5.02 Å². The highest BCUT2D eigenvalue weighted by atomic mass is 35.5. The molecular formula is C15H13ClFN5. The third-order valence-corrected chi connectivity index (χ3v) is 4.21. The fraction of sp³-hybridized carbons (Fsp3) is 0.267. The molecule has 22 heavy (non-hydrogen) atoms. The van der Waals surface area contributed by atoms with Crippen LogP contribution in [0.25, 0.3) is 11.4 Å². The second-order valence-electron chi connectivity index (χ2n) is 5.26. The largest absolute Gasteiger partial charge is 0.323 e. The Labute approximate surface area is 131 Å². The van der Waals surface area contributed by atoms with Crippen LogP contribution in [-0.2, 0) is 19.5 Å². The molecule has 0 fully saturated rings. The molecule has 0 amide bonds. The lowest BCUT2D eigenvalue weighted by Crippen LogP contribution is -2.08. The van der Waals surface area contributed by atoms with Crippen LogP contribution >= 0.6 is 11.6 Å². The van der Waals surface area contributed by atoms with Gasteiger partial charge in [-0.25, -0.2) is 9.37 Å². The quantitative estimate of drug-likeness (QED) is 0.746. The predicted octanol–water partition coefficient (Wildman–Crippen LogP) is 2.93. The second-order valence-corrected chi connectivity index (χ2v) is 5.67. The zero-order chi connectivity index (χ0) is 15.1. The van der Waals surface area contributed by atoms with Crippen LogP contribution in [0, 0.1) is 5.82 Å². The SMILES string of the molecule is Fc1cccc(Cl)c1-c1nccn1Cc1nnc2n1CCC2. The first-order chi connectivity index (χ1) is 10.7. The Kier molecular flexibility index (Phi) is 3.18. The number of nitrogens with zero attached hydrogens (tertiary/aromatic N) is 5. The van der Waals surface area contributed by atoms with Gasteiger partial charge in [0.2, 0.25) is 0 Å². The molecule has 0 unspecified atom stereocenters. The zero-order valence-corrected chi connectivity index (χ0v) is 12.5. The molecule has 112 valence electrons. The number of hydrogen-bond acceptors (Lipinski definition) is 3. The van der Waals surface area contributed by atoms with Gasteiger partial charge in [-0.2, -0.15) is 0 Å². The number of aryl methyl sites for hydroxylation is 1. The molecular weight excluding hydrogens is 305 g/mol. The molecule has 1 aliphatic rings. The van der Waals surface area contributed by atoms with Gasteiger partial charge < -0.3 is 9.13 Å². The molecule has 5 nitrogen and oxygen atoms in total. The monoisotopic (exact) mass is 317 g/mol. The smallest absolute Gasteiger partial charge is 0.153 e. The van der Waals surface area contributed by atoms with Gasteiger partial charge in [-0.1, -0.05) is 17.7 Å². The van der Waals surface area contributed by atoms with E-state index in [-0.39, 0.29) is 5.82 Å². The normalized spacial score (nSPS) is 13.5. The summed E-state index contributed by atoms with van der Waals surface area (Å²) in [5.41, 5.74) is 0.315. The van der Waals surface area contributed by atoms with Gasteiger partial charge in [0.15, 0.2) is 5.82 Å². The summed E-state index contributed by atoms with van der Waals surface area (Å²) in [4.78, 5) is 4.26. The molecule has 0 saturated carbocycles. The molecule has 2 aromatic heterocycles. The minimum absolute atomic E-state index is 0.315. The van der Waals surface area contributed by atoms with Crippen molar-refractivity contribution in [3.05, 3.63) is 53.1 Å². The Morgan fingerprint density at radius 2 is 2.18 bits per heavy atom. The Morgan fingerprint density at radius 1 is 1.27 bits per heavy atom. The summed E-state index contributed by atoms with van der Waals surface area (Å²) in [6, 6.07) is 4.63. The lowest BCUT2D eigenvalue weighted by molar-refractivity contribution is 0.622. The minimum Gasteiger partial charge on any atom is -0.323 e. The maximum absolute atomic E-state index is 14.1. The number of imidazole rings is 1. The van der Waals surface area contributed by atoms with E-state index in [2.05, 4.69) is 19.7 Å². The Bertz CT molecular complexity index is 818. The molecule has 4 rings (SSSR count). The lowest BCUT2D eigenvalue weighted by Gasteiger charge is -2.10. The van der Waals surface area contributed by atoms with Crippen molar-refractivity contribution in [2.24, 2.45) is 0 Å². The van der Waals surface area contributed by atoms with Crippen LogP contribution < -0.4 is 0 Å². The van der Waals surface area contributed by atoms with E-state index >= 15 is 0 Å². The number of aromatic nitrogens is 5. The molecule has 0 atom stereocenters. The predicted molar refractivity (Wildman–Crippen MR) is 80.1 cm³/mol. The zero-order valence-electron chi connectivity index (χ0n) is 11.7. The van der Waals surface area contributed by atoms with E-state index < -0.39 is 0 Å². The van der Waals surface area contributed by atoms with Crippen molar-refractivity contribution in [1.29, 1.82) is 0 Å². The van der Waals surface area contributed by atoms with Crippen LogP contribution in [-0.4, -0.2) is 24.3 Å². The topological polar surface area (TPSA) is 48.5 Å². The van der Waals surface area contributed by atoms with Crippen molar-refractivity contribution in [2.45, 2.75) is 25.9 Å². The van der Waals surface area contributed by atoms with Crippen LogP contribution in [0.1, 0.15) is 18.1 Å². The first-order valence-electron chi connectivity index (χ1n) is 7.10. The fourth-order valence-corrected chi connectivity index (χ4v) is 3.10. The second kappa shape index (κ2) is 5.21. The van der Waals surface area contributed by atoms with E-state index in [1.54, 1.807) is 24.5 Å². The molecule has 0 radical (unpaired) electrons. The molecule has 3 heterocycles. The number of rotatable bonds is 3. The van der Waals surface area contributed by atoms with Crippen molar-refractivity contribution >= 4 is 11.6 Å². The van der Waals surface area contributed by atoms with Gasteiger partial charge >= 0.3 is 0 Å². The van der Waals surface area contributed by atoms with Gasteiger partial charge in [0.1, 0.15) is 17.5 Å². The molecule has 0 saturated heterocycles. The summed E-state index contributed by atoms with van der Waals surface area (Å²) in [6.45, 7) is 1.43. The van der Waals surface area contributed by atoms with Crippen LogP contribution in [0.15, 0.2) is 30.6 Å². The van der Waals surface area contributed by atoms with Gasteiger partial charge in [-0.3, -0.25) is 0 Å². The minimum atomic E-state index is -0.383. The lowest BCUT2D eigenvalue weighted by atomic mass is 10.2. The summed E-state index contributed by atoms with van der Waals surface area (Å²) in [6.07, 6.45) is 5.49. The number of fused-ring (bicyclic) bond motifs is 1. The van der Waals surface area contributed by atoms with Gasteiger partial charge in [0, 0.05) is 25.4 Å². The van der Waals surface area contributed by atoms with Crippen LogP contribution in [0.3, 0.4) is 0 Å². The van der Waals surface area contributed by atoms with Crippen molar-refractivity contribution < 1.29 is 4.39 Å². The van der Waals surface area contributed by atoms with Crippen LogP contribution in [0.5, 0.6) is 0 Å². The average molecular weight is 318 g/mol. The summed E-state index contributed by atoms with van der Waals surface area (Å²) >= 11 is 6.14. The van der Waals surface area contributed by atoms with Gasteiger partial charge in [-0.15, -0.1) is 10.2 Å². The van der Waals surface area contributed by atoms with Crippen molar-refractivity contribution in [3.8, 4) is 11.4 Å². The Balaban J connectivity index is 1.74. The average Bonchev–Trinajstić information content (AvgIpc) is 3.18. The highest BCUT2D eigenvalue weighted by molar-refractivity contribution is 6.33. The molecule has 1 aromatic carbocycles. The maximum Gasteiger partial charge on any atom is 0.153 e. The summed E-state index contributed by atoms with van der Waals surface area (Å²) < 4.78 is 18.1. The first kappa shape index (κ1) is 13.5. The van der Waals surface area contributed by atoms with E-state index in [4.69, 9.17) is 11.6 Å². The molecule has 0 N–H and O–H groups in total. The third-order valence-electron chi connectivity index (χ3n) is 3.90. The highest BCUT2D eigenvalue weighted by Crippen LogP contribution is 2.29. The molecule has 3 aromatic rings. The maximum atomic E-state index is 14.1. The molecule has 7 heteroatoms. The Hall–Kier alpha value is -2.21. The van der Waals surface area contributed by atoms with E-state index in [1.165, 1.54) is 6.07 Å². The molecule has 0 bridgehead atoms. The number of halogens is 2. The van der Waals surface area contributed by atoms with Crippen molar-refractivity contribution in [1.82, 2.24) is 24.3 Å². The first-order valence-corrected chi connectivity index (χ1v) is 7.48. The summed E-state index contributed by atoms with van der Waals surface area (Å²) in [5, 5.41) is 8.77. The molecule has 1 aliphatic heterocycles. The number of benzene rings is 1.